The number of benzene rings is 1. The van der Waals surface area contributed by atoms with Gasteiger partial charge in [-0.25, -0.2) is 9.97 Å². The smallest absolute Gasteiger partial charge is 0.138 e. The molecule has 2 nitrogen and oxygen atoms in total. The van der Waals surface area contributed by atoms with Gasteiger partial charge in [0.05, 0.1) is 11.4 Å². The van der Waals surface area contributed by atoms with Gasteiger partial charge in [0.1, 0.15) is 5.82 Å². The molecular weight excluding hydrogens is 240 g/mol. The van der Waals surface area contributed by atoms with Crippen molar-refractivity contribution in [3.05, 3.63) is 47.4 Å². The molecule has 2 aromatic rings. The van der Waals surface area contributed by atoms with E-state index in [0.717, 1.165) is 22.8 Å². The molecule has 0 aliphatic heterocycles. The van der Waals surface area contributed by atoms with Crippen molar-refractivity contribution < 1.29 is 0 Å². The summed E-state index contributed by atoms with van der Waals surface area (Å²) in [5.74, 6) is 1.90. The first-order valence-electron chi connectivity index (χ1n) is 6.16. The van der Waals surface area contributed by atoms with E-state index in [1.807, 2.05) is 13.0 Å². The second-order valence-corrected chi connectivity index (χ2v) is 5.06. The molecule has 0 spiro atoms. The fourth-order valence-corrected chi connectivity index (χ4v) is 2.03. The average molecular weight is 258 g/mol. The molecular formula is C15H18N2S. The van der Waals surface area contributed by atoms with Crippen molar-refractivity contribution in [1.29, 1.82) is 0 Å². The summed E-state index contributed by atoms with van der Waals surface area (Å²) in [6.45, 7) is 6.38. The lowest BCUT2D eigenvalue weighted by Gasteiger charge is -2.08. The molecule has 0 aliphatic carbocycles. The molecule has 1 heterocycles. The van der Waals surface area contributed by atoms with E-state index in [1.165, 1.54) is 5.56 Å². The Hall–Kier alpha value is -1.35. The lowest BCUT2D eigenvalue weighted by atomic mass is 10.0. The van der Waals surface area contributed by atoms with Crippen LogP contribution in [0.3, 0.4) is 0 Å². The molecule has 18 heavy (non-hydrogen) atoms. The van der Waals surface area contributed by atoms with Gasteiger partial charge in [-0.2, -0.15) is 12.6 Å². The SMILES string of the molecule is Cc1cc(-c2ccc(C(C)C)cc2)nc(CS)n1. The van der Waals surface area contributed by atoms with Crippen molar-refractivity contribution >= 4 is 12.6 Å². The van der Waals surface area contributed by atoms with Crippen LogP contribution in [0.2, 0.25) is 0 Å². The van der Waals surface area contributed by atoms with Crippen molar-refractivity contribution in [2.24, 2.45) is 0 Å². The highest BCUT2D eigenvalue weighted by molar-refractivity contribution is 7.79. The first-order chi connectivity index (χ1) is 8.60. The largest absolute Gasteiger partial charge is 0.237 e. The third-order valence-corrected chi connectivity index (χ3v) is 3.20. The fraction of sp³-hybridized carbons (Fsp3) is 0.333. The van der Waals surface area contributed by atoms with E-state index in [0.29, 0.717) is 11.7 Å². The Labute approximate surface area is 114 Å². The highest BCUT2D eigenvalue weighted by Gasteiger charge is 2.05. The number of nitrogens with zero attached hydrogens (tertiary/aromatic N) is 2. The fourth-order valence-electron chi connectivity index (χ4n) is 1.89. The van der Waals surface area contributed by atoms with Gasteiger partial charge in [0.15, 0.2) is 0 Å². The van der Waals surface area contributed by atoms with Crippen LogP contribution in [0.5, 0.6) is 0 Å². The lowest BCUT2D eigenvalue weighted by Crippen LogP contribution is -1.97. The summed E-state index contributed by atoms with van der Waals surface area (Å²) in [6, 6.07) is 10.6. The number of hydrogen-bond donors (Lipinski definition) is 1. The third-order valence-electron chi connectivity index (χ3n) is 2.92. The molecule has 0 atom stereocenters. The standard InChI is InChI=1S/C15H18N2S/c1-10(2)12-4-6-13(7-5-12)14-8-11(3)16-15(9-18)17-14/h4-8,10,18H,9H2,1-3H3. The molecule has 2 rings (SSSR count). The molecule has 0 N–H and O–H groups in total. The second-order valence-electron chi connectivity index (χ2n) is 4.75. The number of hydrogen-bond acceptors (Lipinski definition) is 3. The summed E-state index contributed by atoms with van der Waals surface area (Å²) >= 11 is 4.24. The van der Waals surface area contributed by atoms with Gasteiger partial charge >= 0.3 is 0 Å². The number of aromatic nitrogens is 2. The Bertz CT molecular complexity index is 533. The summed E-state index contributed by atoms with van der Waals surface area (Å²) in [5, 5.41) is 0. The maximum Gasteiger partial charge on any atom is 0.138 e. The molecule has 0 saturated heterocycles. The van der Waals surface area contributed by atoms with Gasteiger partial charge in [0, 0.05) is 11.3 Å². The molecule has 0 bridgehead atoms. The first kappa shape index (κ1) is 13.1. The van der Waals surface area contributed by atoms with Gasteiger partial charge in [-0.1, -0.05) is 38.1 Å². The monoisotopic (exact) mass is 258 g/mol. The molecule has 94 valence electrons. The van der Waals surface area contributed by atoms with Gasteiger partial charge in [-0.05, 0) is 24.5 Å². The summed E-state index contributed by atoms with van der Waals surface area (Å²) in [5.41, 5.74) is 4.44. The normalized spacial score (nSPS) is 10.9. The van der Waals surface area contributed by atoms with Gasteiger partial charge in [0.25, 0.3) is 0 Å². The summed E-state index contributed by atoms with van der Waals surface area (Å²) in [7, 11) is 0. The summed E-state index contributed by atoms with van der Waals surface area (Å²) in [6.07, 6.45) is 0. The maximum absolute atomic E-state index is 4.51. The van der Waals surface area contributed by atoms with Crippen LogP contribution in [0.1, 0.15) is 36.8 Å². The minimum Gasteiger partial charge on any atom is -0.237 e. The molecule has 0 unspecified atom stereocenters. The van der Waals surface area contributed by atoms with Crippen LogP contribution in [0.25, 0.3) is 11.3 Å². The number of thiol groups is 1. The number of aryl methyl sites for hydroxylation is 1. The second kappa shape index (κ2) is 5.53. The van der Waals surface area contributed by atoms with Crippen molar-refractivity contribution in [2.75, 3.05) is 0 Å². The Balaban J connectivity index is 2.39. The van der Waals surface area contributed by atoms with Crippen LogP contribution >= 0.6 is 12.6 Å². The Morgan fingerprint density at radius 2 is 1.78 bits per heavy atom. The van der Waals surface area contributed by atoms with Gasteiger partial charge < -0.3 is 0 Å². The Morgan fingerprint density at radius 1 is 1.11 bits per heavy atom. The molecule has 1 aromatic carbocycles. The topological polar surface area (TPSA) is 25.8 Å². The van der Waals surface area contributed by atoms with Crippen molar-refractivity contribution in [2.45, 2.75) is 32.4 Å². The zero-order valence-corrected chi connectivity index (χ0v) is 11.9. The zero-order valence-electron chi connectivity index (χ0n) is 11.0. The van der Waals surface area contributed by atoms with E-state index in [2.05, 4.69) is 60.7 Å². The quantitative estimate of drug-likeness (QED) is 0.842. The zero-order chi connectivity index (χ0) is 13.1. The average Bonchev–Trinajstić information content (AvgIpc) is 2.38. The molecule has 0 amide bonds. The minimum atomic E-state index is 0.555. The lowest BCUT2D eigenvalue weighted by molar-refractivity contribution is 0.867. The van der Waals surface area contributed by atoms with Crippen LogP contribution in [0.15, 0.2) is 30.3 Å². The predicted molar refractivity (Wildman–Crippen MR) is 79.0 cm³/mol. The highest BCUT2D eigenvalue weighted by Crippen LogP contribution is 2.22. The maximum atomic E-state index is 4.51. The molecule has 0 saturated carbocycles. The Morgan fingerprint density at radius 3 is 2.33 bits per heavy atom. The molecule has 0 radical (unpaired) electrons. The molecule has 3 heteroatoms. The van der Waals surface area contributed by atoms with Gasteiger partial charge in [-0.15, -0.1) is 0 Å². The van der Waals surface area contributed by atoms with E-state index in [-0.39, 0.29) is 0 Å². The van der Waals surface area contributed by atoms with Crippen LogP contribution in [0.4, 0.5) is 0 Å². The van der Waals surface area contributed by atoms with Crippen LogP contribution < -0.4 is 0 Å². The van der Waals surface area contributed by atoms with Crippen molar-refractivity contribution in [3.8, 4) is 11.3 Å². The van der Waals surface area contributed by atoms with E-state index >= 15 is 0 Å². The summed E-state index contributed by atoms with van der Waals surface area (Å²) < 4.78 is 0. The summed E-state index contributed by atoms with van der Waals surface area (Å²) in [4.78, 5) is 8.85. The minimum absolute atomic E-state index is 0.555. The van der Waals surface area contributed by atoms with E-state index in [4.69, 9.17) is 0 Å². The van der Waals surface area contributed by atoms with E-state index in [9.17, 15) is 0 Å². The van der Waals surface area contributed by atoms with E-state index < -0.39 is 0 Å². The van der Waals surface area contributed by atoms with Gasteiger partial charge in [-0.3, -0.25) is 0 Å². The third kappa shape index (κ3) is 2.91. The van der Waals surface area contributed by atoms with Crippen LogP contribution in [-0.2, 0) is 5.75 Å². The van der Waals surface area contributed by atoms with Crippen LogP contribution in [-0.4, -0.2) is 9.97 Å². The van der Waals surface area contributed by atoms with Crippen molar-refractivity contribution in [1.82, 2.24) is 9.97 Å². The first-order valence-corrected chi connectivity index (χ1v) is 6.79. The molecule has 0 aliphatic rings. The van der Waals surface area contributed by atoms with Gasteiger partial charge in [0.2, 0.25) is 0 Å². The molecule has 0 fully saturated rings. The van der Waals surface area contributed by atoms with Crippen molar-refractivity contribution in [3.63, 3.8) is 0 Å². The molecule has 1 aromatic heterocycles. The number of rotatable bonds is 3. The Kier molecular flexibility index (Phi) is 4.02. The predicted octanol–water partition coefficient (Wildman–Crippen LogP) is 4.01. The van der Waals surface area contributed by atoms with E-state index in [1.54, 1.807) is 0 Å². The van der Waals surface area contributed by atoms with Crippen LogP contribution in [0, 0.1) is 6.92 Å². The highest BCUT2D eigenvalue weighted by atomic mass is 32.1.